The second kappa shape index (κ2) is 10.8. The third-order valence-electron chi connectivity index (χ3n) is 6.10. The van der Waals surface area contributed by atoms with Crippen molar-refractivity contribution < 1.29 is 28.2 Å². The lowest BCUT2D eigenvalue weighted by Gasteiger charge is -2.47. The quantitative estimate of drug-likeness (QED) is 0.206. The minimum Gasteiger partial charge on any atom is -0.466 e. The standard InChI is InChI=1S/C24H31NO6Si/c1-6-10-11-12-13-23(31-32(7-2,8-3)9-4)18-24(29-14-15-30-24)22(25)19(17-26)20(23)16-21(27)28-5/h1,10-11,16-17H,7-9,14-15,18,25H2,2-5H3/b11-10-,20-16+/t23-/m0/s1. The Morgan fingerprint density at radius 3 is 2.34 bits per heavy atom. The number of aldehydes is 1. The zero-order valence-electron chi connectivity index (χ0n) is 19.2. The zero-order chi connectivity index (χ0) is 23.8. The highest BCUT2D eigenvalue weighted by Gasteiger charge is 2.57. The van der Waals surface area contributed by atoms with Crippen molar-refractivity contribution in [3.63, 3.8) is 0 Å². The van der Waals surface area contributed by atoms with Crippen molar-refractivity contribution in [1.82, 2.24) is 0 Å². The molecule has 0 bridgehead atoms. The van der Waals surface area contributed by atoms with E-state index in [0.717, 1.165) is 18.1 Å². The van der Waals surface area contributed by atoms with Gasteiger partial charge in [0.15, 0.2) is 20.2 Å². The highest BCUT2D eigenvalue weighted by Crippen LogP contribution is 2.48. The second-order valence-electron chi connectivity index (χ2n) is 7.60. The minimum atomic E-state index is -2.33. The molecule has 0 aromatic carbocycles. The molecule has 1 aliphatic heterocycles. The van der Waals surface area contributed by atoms with E-state index in [1.54, 1.807) is 0 Å². The van der Waals surface area contributed by atoms with Crippen LogP contribution in [0.4, 0.5) is 0 Å². The molecule has 0 aromatic rings. The maximum Gasteiger partial charge on any atom is 0.330 e. The lowest BCUT2D eigenvalue weighted by atomic mass is 9.75. The molecule has 8 heteroatoms. The van der Waals surface area contributed by atoms with Gasteiger partial charge in [0, 0.05) is 17.2 Å². The van der Waals surface area contributed by atoms with Gasteiger partial charge in [-0.25, -0.2) is 4.79 Å². The summed E-state index contributed by atoms with van der Waals surface area (Å²) in [6.45, 7) is 6.85. The number of rotatable bonds is 7. The molecule has 1 atom stereocenters. The SMILES string of the molecule is C#C/C=C\C#C[C@]1(O[Si](CC)(CC)CC)CC2(OCCO2)C(N)=C(C=O)/C1=C\C(=O)OC. The average molecular weight is 458 g/mol. The monoisotopic (exact) mass is 457 g/mol. The molecule has 32 heavy (non-hydrogen) atoms. The van der Waals surface area contributed by atoms with Crippen LogP contribution in [-0.4, -0.2) is 52.3 Å². The number of carbonyl (C=O) groups excluding carboxylic acids is 2. The molecule has 1 saturated heterocycles. The number of allylic oxidation sites excluding steroid dienone is 2. The molecular formula is C24H31NO6Si. The maximum atomic E-state index is 12.3. The van der Waals surface area contributed by atoms with Gasteiger partial charge in [0.05, 0.1) is 32.4 Å². The fraction of sp³-hybridized carbons (Fsp3) is 0.500. The summed E-state index contributed by atoms with van der Waals surface area (Å²) >= 11 is 0. The largest absolute Gasteiger partial charge is 0.466 e. The highest BCUT2D eigenvalue weighted by molar-refractivity contribution is 6.73. The summed E-state index contributed by atoms with van der Waals surface area (Å²) in [5.41, 5.74) is 5.38. The molecular weight excluding hydrogens is 426 g/mol. The Morgan fingerprint density at radius 2 is 1.84 bits per heavy atom. The van der Waals surface area contributed by atoms with E-state index in [1.807, 2.05) is 0 Å². The first kappa shape index (κ1) is 25.6. The predicted octanol–water partition coefficient (Wildman–Crippen LogP) is 2.60. The van der Waals surface area contributed by atoms with Crippen LogP contribution in [0.25, 0.3) is 0 Å². The molecule has 172 valence electrons. The summed E-state index contributed by atoms with van der Waals surface area (Å²) in [5, 5.41) is 0. The van der Waals surface area contributed by atoms with Crippen LogP contribution in [0.2, 0.25) is 18.1 Å². The molecule has 0 amide bonds. The van der Waals surface area contributed by atoms with Crippen LogP contribution in [0.1, 0.15) is 27.2 Å². The molecule has 0 aromatic heterocycles. The van der Waals surface area contributed by atoms with Crippen LogP contribution in [0.15, 0.2) is 35.1 Å². The first-order valence-electron chi connectivity index (χ1n) is 10.7. The Balaban J connectivity index is 2.88. The van der Waals surface area contributed by atoms with E-state index in [-0.39, 0.29) is 23.3 Å². The van der Waals surface area contributed by atoms with E-state index in [4.69, 9.17) is 30.8 Å². The molecule has 0 radical (unpaired) electrons. The summed E-state index contributed by atoms with van der Waals surface area (Å²) < 4.78 is 23.6. The van der Waals surface area contributed by atoms with Gasteiger partial charge in [-0.2, -0.15) is 0 Å². The van der Waals surface area contributed by atoms with Crippen molar-refractivity contribution in [2.75, 3.05) is 20.3 Å². The number of nitrogens with two attached hydrogens (primary N) is 1. The summed E-state index contributed by atoms with van der Waals surface area (Å²) in [4.78, 5) is 24.6. The number of hydrogen-bond donors (Lipinski definition) is 1. The van der Waals surface area contributed by atoms with E-state index in [2.05, 4.69) is 38.5 Å². The molecule has 0 unspecified atom stereocenters. The van der Waals surface area contributed by atoms with E-state index in [9.17, 15) is 9.59 Å². The Bertz CT molecular complexity index is 914. The van der Waals surface area contributed by atoms with Crippen LogP contribution in [0, 0.1) is 24.2 Å². The van der Waals surface area contributed by atoms with Crippen LogP contribution in [0.5, 0.6) is 0 Å². The average Bonchev–Trinajstić information content (AvgIpc) is 3.28. The van der Waals surface area contributed by atoms with Gasteiger partial charge >= 0.3 is 5.97 Å². The van der Waals surface area contributed by atoms with Gasteiger partial charge in [0.2, 0.25) is 5.79 Å². The molecule has 1 fully saturated rings. The van der Waals surface area contributed by atoms with Gasteiger partial charge in [0.1, 0.15) is 0 Å². The highest BCUT2D eigenvalue weighted by atomic mass is 28.4. The molecule has 2 N–H and O–H groups in total. The van der Waals surface area contributed by atoms with Crippen LogP contribution in [-0.2, 0) is 28.2 Å². The van der Waals surface area contributed by atoms with Crippen LogP contribution in [0.3, 0.4) is 0 Å². The Morgan fingerprint density at radius 1 is 1.22 bits per heavy atom. The number of terminal acetylenes is 1. The third-order valence-corrected chi connectivity index (χ3v) is 10.8. The van der Waals surface area contributed by atoms with Crippen molar-refractivity contribution in [3.8, 4) is 24.2 Å². The van der Waals surface area contributed by atoms with Crippen molar-refractivity contribution in [2.45, 2.75) is 56.7 Å². The van der Waals surface area contributed by atoms with Crippen LogP contribution < -0.4 is 5.73 Å². The van der Waals surface area contributed by atoms with Gasteiger partial charge in [-0.3, -0.25) is 4.79 Å². The number of carbonyl (C=O) groups is 2. The van der Waals surface area contributed by atoms with Crippen molar-refractivity contribution >= 4 is 20.6 Å². The minimum absolute atomic E-state index is 0.0602. The lowest BCUT2D eigenvalue weighted by Crippen LogP contribution is -2.57. The first-order valence-corrected chi connectivity index (χ1v) is 13.2. The summed E-state index contributed by atoms with van der Waals surface area (Å²) in [6.07, 6.45) is 10.1. The van der Waals surface area contributed by atoms with Gasteiger partial charge < -0.3 is 24.4 Å². The Hall–Kier alpha value is -2.62. The van der Waals surface area contributed by atoms with Gasteiger partial charge in [-0.1, -0.05) is 38.5 Å². The van der Waals surface area contributed by atoms with Crippen molar-refractivity contribution in [1.29, 1.82) is 0 Å². The summed E-state index contributed by atoms with van der Waals surface area (Å²) in [6, 6.07) is 2.46. The predicted molar refractivity (Wildman–Crippen MR) is 123 cm³/mol. The van der Waals surface area contributed by atoms with Gasteiger partial charge in [0.25, 0.3) is 0 Å². The number of esters is 1. The molecule has 1 aliphatic carbocycles. The van der Waals surface area contributed by atoms with Crippen molar-refractivity contribution in [3.05, 3.63) is 35.1 Å². The summed E-state index contributed by atoms with van der Waals surface area (Å²) in [5.74, 6) is 6.43. The molecule has 2 rings (SSSR count). The number of hydrogen-bond acceptors (Lipinski definition) is 7. The summed E-state index contributed by atoms with van der Waals surface area (Å²) in [7, 11) is -1.07. The smallest absolute Gasteiger partial charge is 0.330 e. The van der Waals surface area contributed by atoms with E-state index >= 15 is 0 Å². The zero-order valence-corrected chi connectivity index (χ0v) is 20.2. The topological polar surface area (TPSA) is 97.1 Å². The first-order chi connectivity index (χ1) is 15.3. The fourth-order valence-electron chi connectivity index (χ4n) is 4.11. The second-order valence-corrected chi connectivity index (χ2v) is 12.3. The molecule has 2 aliphatic rings. The fourth-order valence-corrected chi connectivity index (χ4v) is 7.01. The number of methoxy groups -OCH3 is 1. The lowest BCUT2D eigenvalue weighted by molar-refractivity contribution is -0.157. The van der Waals surface area contributed by atoms with E-state index in [1.165, 1.54) is 25.3 Å². The van der Waals surface area contributed by atoms with Crippen LogP contribution >= 0.6 is 0 Å². The Kier molecular flexibility index (Phi) is 8.65. The van der Waals surface area contributed by atoms with Gasteiger partial charge in [-0.05, 0) is 30.3 Å². The maximum absolute atomic E-state index is 12.3. The Labute approximate surface area is 191 Å². The van der Waals surface area contributed by atoms with Crippen molar-refractivity contribution in [2.24, 2.45) is 5.73 Å². The molecule has 1 spiro atoms. The van der Waals surface area contributed by atoms with E-state index < -0.39 is 25.7 Å². The van der Waals surface area contributed by atoms with E-state index in [0.29, 0.717) is 19.5 Å². The number of ether oxygens (including phenoxy) is 3. The normalized spacial score (nSPS) is 23.8. The molecule has 7 nitrogen and oxygen atoms in total. The third kappa shape index (κ3) is 4.90. The molecule has 1 heterocycles. The van der Waals surface area contributed by atoms with Gasteiger partial charge in [-0.15, -0.1) is 6.42 Å². The molecule has 0 saturated carbocycles.